The standard InChI is InChI=1S/C20H34O6/c1-14(21)7-6-8-15(22)11-12-17-16(18(23)13-19(17)24)9-4-2-3-5-10-20(25)26/h2,4,11-12,14-19,21-24H,3,5-10,13H2,1H3,(H,25,26)/t14?,15-,16+,17+,18-,19+/m0/s1. The highest BCUT2D eigenvalue weighted by molar-refractivity contribution is 5.66. The summed E-state index contributed by atoms with van der Waals surface area (Å²) in [4.78, 5) is 10.5. The molecule has 1 aliphatic rings. The van der Waals surface area contributed by atoms with Crippen LogP contribution >= 0.6 is 0 Å². The molecule has 0 heterocycles. The largest absolute Gasteiger partial charge is 0.481 e. The van der Waals surface area contributed by atoms with Crippen LogP contribution in [0.1, 0.15) is 58.3 Å². The molecule has 0 saturated heterocycles. The van der Waals surface area contributed by atoms with Crippen molar-refractivity contribution in [3.63, 3.8) is 0 Å². The van der Waals surface area contributed by atoms with Gasteiger partial charge in [-0.15, -0.1) is 0 Å². The molecule has 0 amide bonds. The zero-order valence-corrected chi connectivity index (χ0v) is 15.6. The molecule has 0 radical (unpaired) electrons. The number of allylic oxidation sites excluding steroid dienone is 2. The molecule has 0 aliphatic heterocycles. The minimum Gasteiger partial charge on any atom is -0.481 e. The van der Waals surface area contributed by atoms with E-state index in [2.05, 4.69) is 0 Å². The molecule has 5 N–H and O–H groups in total. The Hall–Kier alpha value is -1.21. The number of aliphatic carboxylic acids is 1. The van der Waals surface area contributed by atoms with Crippen molar-refractivity contribution in [2.75, 3.05) is 0 Å². The molecule has 0 aromatic carbocycles. The normalized spacial score (nSPS) is 28.8. The first kappa shape index (κ1) is 22.8. The number of carboxylic acids is 1. The fourth-order valence-electron chi connectivity index (χ4n) is 3.42. The predicted octanol–water partition coefficient (Wildman–Crippen LogP) is 2.01. The molecule has 0 aromatic rings. The van der Waals surface area contributed by atoms with Crippen molar-refractivity contribution >= 4 is 5.97 Å². The van der Waals surface area contributed by atoms with Crippen LogP contribution in [0.15, 0.2) is 24.3 Å². The monoisotopic (exact) mass is 370 g/mol. The minimum atomic E-state index is -0.801. The fraction of sp³-hybridized carbons (Fsp3) is 0.750. The number of hydrogen-bond acceptors (Lipinski definition) is 5. The molecule has 6 heteroatoms. The van der Waals surface area contributed by atoms with E-state index >= 15 is 0 Å². The summed E-state index contributed by atoms with van der Waals surface area (Å²) >= 11 is 0. The molecule has 0 aromatic heterocycles. The van der Waals surface area contributed by atoms with Gasteiger partial charge in [-0.25, -0.2) is 0 Å². The molecule has 1 fully saturated rings. The molecular weight excluding hydrogens is 336 g/mol. The molecule has 1 saturated carbocycles. The van der Waals surface area contributed by atoms with Crippen LogP contribution in [0.2, 0.25) is 0 Å². The third-order valence-corrected chi connectivity index (χ3v) is 4.93. The SMILES string of the molecule is CC(O)CCC[C@H](O)C=C[C@@H]1[C@@H](CC=CCCCC(=O)O)[C@@H](O)C[C@H]1O. The van der Waals surface area contributed by atoms with Crippen molar-refractivity contribution in [2.24, 2.45) is 11.8 Å². The molecule has 0 bridgehead atoms. The maximum Gasteiger partial charge on any atom is 0.303 e. The molecule has 150 valence electrons. The van der Waals surface area contributed by atoms with Crippen molar-refractivity contribution in [3.8, 4) is 0 Å². The van der Waals surface area contributed by atoms with Gasteiger partial charge in [0.05, 0.1) is 24.4 Å². The second kappa shape index (κ2) is 12.2. The Morgan fingerprint density at radius 1 is 1.12 bits per heavy atom. The second-order valence-electron chi connectivity index (χ2n) is 7.34. The van der Waals surface area contributed by atoms with E-state index in [1.165, 1.54) is 0 Å². The van der Waals surface area contributed by atoms with Gasteiger partial charge < -0.3 is 25.5 Å². The average Bonchev–Trinajstić information content (AvgIpc) is 2.81. The number of rotatable bonds is 12. The lowest BCUT2D eigenvalue weighted by atomic mass is 9.89. The first-order valence-corrected chi connectivity index (χ1v) is 9.58. The second-order valence-corrected chi connectivity index (χ2v) is 7.34. The Balaban J connectivity index is 2.46. The van der Waals surface area contributed by atoms with Gasteiger partial charge in [0, 0.05) is 18.8 Å². The summed E-state index contributed by atoms with van der Waals surface area (Å²) in [5, 5.41) is 48.2. The molecule has 6 atom stereocenters. The van der Waals surface area contributed by atoms with E-state index in [0.29, 0.717) is 38.5 Å². The predicted molar refractivity (Wildman–Crippen MR) is 99.5 cm³/mol. The summed E-state index contributed by atoms with van der Waals surface area (Å²) in [5.41, 5.74) is 0. The Kier molecular flexibility index (Phi) is 10.7. The number of aliphatic hydroxyl groups is 4. The van der Waals surface area contributed by atoms with E-state index in [1.54, 1.807) is 19.1 Å². The van der Waals surface area contributed by atoms with Gasteiger partial charge in [0.15, 0.2) is 0 Å². The molecule has 1 unspecified atom stereocenters. The van der Waals surface area contributed by atoms with E-state index in [1.807, 2.05) is 12.2 Å². The van der Waals surface area contributed by atoms with Gasteiger partial charge in [-0.05, 0) is 51.4 Å². The van der Waals surface area contributed by atoms with E-state index in [-0.39, 0.29) is 24.4 Å². The van der Waals surface area contributed by atoms with Gasteiger partial charge in [-0.3, -0.25) is 4.79 Å². The van der Waals surface area contributed by atoms with Crippen molar-refractivity contribution in [2.45, 2.75) is 82.7 Å². The summed E-state index contributed by atoms with van der Waals surface area (Å²) in [6, 6.07) is 0. The van der Waals surface area contributed by atoms with E-state index in [9.17, 15) is 25.2 Å². The van der Waals surface area contributed by atoms with E-state index in [4.69, 9.17) is 5.11 Å². The minimum absolute atomic E-state index is 0.110. The maximum absolute atomic E-state index is 10.5. The van der Waals surface area contributed by atoms with Crippen LogP contribution in [0.5, 0.6) is 0 Å². The summed E-state index contributed by atoms with van der Waals surface area (Å²) in [6.07, 6.45) is 9.41. The topological polar surface area (TPSA) is 118 Å². The zero-order chi connectivity index (χ0) is 19.5. The van der Waals surface area contributed by atoms with Crippen molar-refractivity contribution in [1.29, 1.82) is 0 Å². The quantitative estimate of drug-likeness (QED) is 0.265. The van der Waals surface area contributed by atoms with Gasteiger partial charge in [-0.2, -0.15) is 0 Å². The summed E-state index contributed by atoms with van der Waals surface area (Å²) in [6.45, 7) is 1.72. The van der Waals surface area contributed by atoms with Gasteiger partial charge in [0.25, 0.3) is 0 Å². The van der Waals surface area contributed by atoms with Gasteiger partial charge in [-0.1, -0.05) is 24.3 Å². The van der Waals surface area contributed by atoms with Crippen LogP contribution in [0.25, 0.3) is 0 Å². The average molecular weight is 370 g/mol. The van der Waals surface area contributed by atoms with E-state index in [0.717, 1.165) is 6.42 Å². The lowest BCUT2D eigenvalue weighted by Gasteiger charge is -2.19. The van der Waals surface area contributed by atoms with Crippen LogP contribution < -0.4 is 0 Å². The molecular formula is C20H34O6. The highest BCUT2D eigenvalue weighted by Gasteiger charge is 2.39. The highest BCUT2D eigenvalue weighted by Crippen LogP contribution is 2.36. The Labute approximate surface area is 155 Å². The molecule has 1 aliphatic carbocycles. The maximum atomic E-state index is 10.5. The number of hydrogen-bond donors (Lipinski definition) is 5. The molecule has 0 spiro atoms. The number of carbonyl (C=O) groups is 1. The fourth-order valence-corrected chi connectivity index (χ4v) is 3.42. The van der Waals surface area contributed by atoms with Gasteiger partial charge >= 0.3 is 5.97 Å². The van der Waals surface area contributed by atoms with Crippen LogP contribution in [0.3, 0.4) is 0 Å². The van der Waals surface area contributed by atoms with Crippen LogP contribution in [-0.2, 0) is 4.79 Å². The van der Waals surface area contributed by atoms with Crippen molar-refractivity contribution in [3.05, 3.63) is 24.3 Å². The summed E-state index contributed by atoms with van der Waals surface area (Å²) < 4.78 is 0. The first-order valence-electron chi connectivity index (χ1n) is 9.58. The third kappa shape index (κ3) is 8.94. The Bertz CT molecular complexity index is 459. The molecule has 1 rings (SSSR count). The smallest absolute Gasteiger partial charge is 0.303 e. The van der Waals surface area contributed by atoms with Crippen LogP contribution in [-0.4, -0.2) is 55.9 Å². The highest BCUT2D eigenvalue weighted by atomic mass is 16.4. The Morgan fingerprint density at radius 2 is 1.85 bits per heavy atom. The first-order chi connectivity index (χ1) is 12.3. The number of aliphatic hydroxyl groups excluding tert-OH is 4. The van der Waals surface area contributed by atoms with Crippen LogP contribution in [0.4, 0.5) is 0 Å². The van der Waals surface area contributed by atoms with E-state index < -0.39 is 24.3 Å². The van der Waals surface area contributed by atoms with Gasteiger partial charge in [0.2, 0.25) is 0 Å². The summed E-state index contributed by atoms with van der Waals surface area (Å²) in [5.74, 6) is -1.12. The third-order valence-electron chi connectivity index (χ3n) is 4.93. The van der Waals surface area contributed by atoms with Crippen molar-refractivity contribution < 1.29 is 30.3 Å². The molecule has 26 heavy (non-hydrogen) atoms. The van der Waals surface area contributed by atoms with Crippen molar-refractivity contribution in [1.82, 2.24) is 0 Å². The lowest BCUT2D eigenvalue weighted by Crippen LogP contribution is -2.20. The Morgan fingerprint density at radius 3 is 2.50 bits per heavy atom. The number of unbranched alkanes of at least 4 members (excludes halogenated alkanes) is 1. The number of carboxylic acid groups (broad SMARTS) is 1. The zero-order valence-electron chi connectivity index (χ0n) is 15.6. The molecule has 6 nitrogen and oxygen atoms in total. The van der Waals surface area contributed by atoms with Crippen LogP contribution in [0, 0.1) is 11.8 Å². The lowest BCUT2D eigenvalue weighted by molar-refractivity contribution is -0.137. The summed E-state index contributed by atoms with van der Waals surface area (Å²) in [7, 11) is 0. The van der Waals surface area contributed by atoms with Gasteiger partial charge in [0.1, 0.15) is 0 Å².